The minimum absolute atomic E-state index is 0.0547. The van der Waals surface area contributed by atoms with E-state index in [9.17, 15) is 24.3 Å². The SMILES string of the molecule is CC(C)CC(N)C(=O)NC(C(=O)NC(CS)C(=O)NC(Cc1ccccc1)C(=O)O)C(C)C. The Morgan fingerprint density at radius 3 is 1.97 bits per heavy atom. The molecule has 10 heteroatoms. The third-order valence-corrected chi connectivity index (χ3v) is 5.39. The fraction of sp³-hybridized carbons (Fsp3) is 0.565. The normalized spacial score (nSPS) is 14.8. The van der Waals surface area contributed by atoms with Gasteiger partial charge in [-0.1, -0.05) is 58.0 Å². The van der Waals surface area contributed by atoms with E-state index in [1.165, 1.54) is 0 Å². The van der Waals surface area contributed by atoms with E-state index < -0.39 is 47.9 Å². The molecule has 0 aromatic heterocycles. The number of benzene rings is 1. The van der Waals surface area contributed by atoms with Gasteiger partial charge in [-0.25, -0.2) is 4.79 Å². The van der Waals surface area contributed by atoms with Gasteiger partial charge in [0, 0.05) is 12.2 Å². The van der Waals surface area contributed by atoms with Crippen LogP contribution in [0.5, 0.6) is 0 Å². The molecule has 33 heavy (non-hydrogen) atoms. The van der Waals surface area contributed by atoms with Gasteiger partial charge in [0.25, 0.3) is 0 Å². The van der Waals surface area contributed by atoms with Crippen molar-refractivity contribution in [3.63, 3.8) is 0 Å². The molecule has 0 radical (unpaired) electrons. The highest BCUT2D eigenvalue weighted by Crippen LogP contribution is 2.08. The average molecular weight is 481 g/mol. The first-order valence-corrected chi connectivity index (χ1v) is 11.6. The number of carboxylic acid groups (broad SMARTS) is 1. The molecule has 0 fully saturated rings. The number of rotatable bonds is 13. The Kier molecular flexibility index (Phi) is 11.9. The van der Waals surface area contributed by atoms with Gasteiger partial charge in [0.15, 0.2) is 0 Å². The zero-order valence-corrected chi connectivity index (χ0v) is 20.5. The van der Waals surface area contributed by atoms with E-state index in [1.54, 1.807) is 38.1 Å². The van der Waals surface area contributed by atoms with Crippen LogP contribution in [0, 0.1) is 11.8 Å². The standard InChI is InChI=1S/C23H36N4O5S/c1-13(2)10-16(24)20(28)27-19(14(3)4)22(30)26-18(12-33)21(29)25-17(23(31)32)11-15-8-6-5-7-9-15/h5-9,13-14,16-19,33H,10-12,24H2,1-4H3,(H,25,29)(H,26,30)(H,27,28)(H,31,32). The van der Waals surface area contributed by atoms with Crippen LogP contribution in [0.15, 0.2) is 30.3 Å². The quantitative estimate of drug-likeness (QED) is 0.229. The van der Waals surface area contributed by atoms with Crippen LogP contribution in [0.25, 0.3) is 0 Å². The molecule has 0 spiro atoms. The lowest BCUT2D eigenvalue weighted by atomic mass is 10.00. The smallest absolute Gasteiger partial charge is 0.326 e. The largest absolute Gasteiger partial charge is 0.480 e. The first kappa shape index (κ1) is 28.4. The molecular weight excluding hydrogens is 444 g/mol. The number of carbonyl (C=O) groups excluding carboxylic acids is 3. The van der Waals surface area contributed by atoms with Crippen molar-refractivity contribution in [3.05, 3.63) is 35.9 Å². The van der Waals surface area contributed by atoms with Crippen molar-refractivity contribution in [2.24, 2.45) is 17.6 Å². The van der Waals surface area contributed by atoms with Gasteiger partial charge >= 0.3 is 5.97 Å². The molecule has 3 amide bonds. The summed E-state index contributed by atoms with van der Waals surface area (Å²) in [6.07, 6.45) is 0.561. The van der Waals surface area contributed by atoms with Crippen LogP contribution in [-0.4, -0.2) is 58.7 Å². The number of thiol groups is 1. The molecule has 0 aliphatic rings. The number of aliphatic carboxylic acids is 1. The number of amides is 3. The highest BCUT2D eigenvalue weighted by molar-refractivity contribution is 7.80. The van der Waals surface area contributed by atoms with E-state index in [0.717, 1.165) is 5.56 Å². The van der Waals surface area contributed by atoms with E-state index >= 15 is 0 Å². The fourth-order valence-corrected chi connectivity index (χ4v) is 3.45. The summed E-state index contributed by atoms with van der Waals surface area (Å²) in [5, 5.41) is 17.2. The van der Waals surface area contributed by atoms with Crippen molar-refractivity contribution in [2.75, 3.05) is 5.75 Å². The third kappa shape index (κ3) is 9.83. The molecular formula is C23H36N4O5S. The van der Waals surface area contributed by atoms with Crippen molar-refractivity contribution in [3.8, 4) is 0 Å². The summed E-state index contributed by atoms with van der Waals surface area (Å²) < 4.78 is 0. The van der Waals surface area contributed by atoms with Crippen LogP contribution in [0.3, 0.4) is 0 Å². The second-order valence-electron chi connectivity index (χ2n) is 8.80. The molecule has 6 N–H and O–H groups in total. The Morgan fingerprint density at radius 1 is 0.909 bits per heavy atom. The molecule has 4 atom stereocenters. The van der Waals surface area contributed by atoms with Gasteiger partial charge in [-0.15, -0.1) is 0 Å². The Bertz CT molecular complexity index is 803. The van der Waals surface area contributed by atoms with E-state index in [2.05, 4.69) is 28.6 Å². The van der Waals surface area contributed by atoms with Gasteiger partial charge in [-0.2, -0.15) is 12.6 Å². The van der Waals surface area contributed by atoms with Crippen molar-refractivity contribution >= 4 is 36.3 Å². The van der Waals surface area contributed by atoms with E-state index in [-0.39, 0.29) is 24.0 Å². The number of nitrogens with one attached hydrogen (secondary N) is 3. The maximum Gasteiger partial charge on any atom is 0.326 e. The molecule has 1 rings (SSSR count). The van der Waals surface area contributed by atoms with Crippen LogP contribution in [0.2, 0.25) is 0 Å². The second kappa shape index (κ2) is 13.8. The maximum absolute atomic E-state index is 12.9. The monoisotopic (exact) mass is 480 g/mol. The van der Waals surface area contributed by atoms with Crippen LogP contribution in [0.1, 0.15) is 39.7 Å². The molecule has 184 valence electrons. The van der Waals surface area contributed by atoms with Crippen molar-refractivity contribution < 1.29 is 24.3 Å². The lowest BCUT2D eigenvalue weighted by Gasteiger charge is -2.26. The Morgan fingerprint density at radius 2 is 1.48 bits per heavy atom. The Labute approximate surface area is 200 Å². The minimum atomic E-state index is -1.19. The lowest BCUT2D eigenvalue weighted by molar-refractivity contribution is -0.142. The van der Waals surface area contributed by atoms with Crippen LogP contribution < -0.4 is 21.7 Å². The number of nitrogens with two attached hydrogens (primary N) is 1. The Balaban J connectivity index is 2.83. The predicted octanol–water partition coefficient (Wildman–Crippen LogP) is 0.727. The van der Waals surface area contributed by atoms with Gasteiger partial charge in [0.1, 0.15) is 18.1 Å². The van der Waals surface area contributed by atoms with Crippen molar-refractivity contribution in [1.29, 1.82) is 0 Å². The van der Waals surface area contributed by atoms with Gasteiger partial charge < -0.3 is 26.8 Å². The van der Waals surface area contributed by atoms with Crippen molar-refractivity contribution in [1.82, 2.24) is 16.0 Å². The zero-order valence-electron chi connectivity index (χ0n) is 19.6. The summed E-state index contributed by atoms with van der Waals surface area (Å²) in [5.41, 5.74) is 6.66. The van der Waals surface area contributed by atoms with Gasteiger partial charge in [0.05, 0.1) is 6.04 Å². The van der Waals surface area contributed by atoms with Crippen molar-refractivity contribution in [2.45, 2.75) is 64.7 Å². The van der Waals surface area contributed by atoms with E-state index in [0.29, 0.717) is 6.42 Å². The summed E-state index contributed by atoms with van der Waals surface area (Å²) in [6, 6.07) is 4.97. The molecule has 4 unspecified atom stereocenters. The number of carbonyl (C=O) groups is 4. The van der Waals surface area contributed by atoms with Crippen LogP contribution >= 0.6 is 12.6 Å². The first-order valence-electron chi connectivity index (χ1n) is 11.0. The van der Waals surface area contributed by atoms with Crippen LogP contribution in [-0.2, 0) is 25.6 Å². The van der Waals surface area contributed by atoms with Gasteiger partial charge in [-0.3, -0.25) is 14.4 Å². The molecule has 0 heterocycles. The second-order valence-corrected chi connectivity index (χ2v) is 9.16. The predicted molar refractivity (Wildman–Crippen MR) is 130 cm³/mol. The highest BCUT2D eigenvalue weighted by atomic mass is 32.1. The average Bonchev–Trinajstić information content (AvgIpc) is 2.74. The number of hydrogen-bond donors (Lipinski definition) is 6. The molecule has 0 aliphatic carbocycles. The fourth-order valence-electron chi connectivity index (χ4n) is 3.19. The summed E-state index contributed by atoms with van der Waals surface area (Å²) in [7, 11) is 0. The summed E-state index contributed by atoms with van der Waals surface area (Å²) in [4.78, 5) is 49.6. The lowest BCUT2D eigenvalue weighted by Crippen LogP contribution is -2.59. The first-order chi connectivity index (χ1) is 15.5. The number of hydrogen-bond acceptors (Lipinski definition) is 6. The number of carboxylic acids is 1. The summed E-state index contributed by atoms with van der Waals surface area (Å²) >= 11 is 4.13. The molecule has 0 bridgehead atoms. The van der Waals surface area contributed by atoms with Gasteiger partial charge in [0.2, 0.25) is 17.7 Å². The molecule has 0 saturated carbocycles. The molecule has 1 aromatic carbocycles. The topological polar surface area (TPSA) is 151 Å². The maximum atomic E-state index is 12.9. The van der Waals surface area contributed by atoms with Crippen LogP contribution in [0.4, 0.5) is 0 Å². The van der Waals surface area contributed by atoms with E-state index in [4.69, 9.17) is 5.73 Å². The summed E-state index contributed by atoms with van der Waals surface area (Å²) in [6.45, 7) is 7.40. The molecule has 1 aromatic rings. The van der Waals surface area contributed by atoms with E-state index in [1.807, 2.05) is 19.9 Å². The highest BCUT2D eigenvalue weighted by Gasteiger charge is 2.31. The third-order valence-electron chi connectivity index (χ3n) is 5.02. The zero-order chi connectivity index (χ0) is 25.1. The minimum Gasteiger partial charge on any atom is -0.480 e. The summed E-state index contributed by atoms with van der Waals surface area (Å²) in [5.74, 6) is -2.99. The van der Waals surface area contributed by atoms with Gasteiger partial charge in [-0.05, 0) is 23.8 Å². The Hall–Kier alpha value is -2.59. The molecule has 0 saturated heterocycles. The molecule has 0 aliphatic heterocycles. The molecule has 9 nitrogen and oxygen atoms in total.